The number of pyridine rings is 1. The van der Waals surface area contributed by atoms with Gasteiger partial charge in [0, 0.05) is 37.1 Å². The lowest BCUT2D eigenvalue weighted by Crippen LogP contribution is -2.33. The molecule has 1 aliphatic rings. The number of hydrogen-bond donors (Lipinski definition) is 1. The Morgan fingerprint density at radius 3 is 3.06 bits per heavy atom. The van der Waals surface area contributed by atoms with E-state index in [-0.39, 0.29) is 0 Å². The van der Waals surface area contributed by atoms with E-state index in [9.17, 15) is 0 Å². The second kappa shape index (κ2) is 5.39. The zero-order chi connectivity index (χ0) is 12.3. The van der Waals surface area contributed by atoms with E-state index >= 15 is 0 Å². The van der Waals surface area contributed by atoms with E-state index in [1.807, 2.05) is 6.20 Å². The molecule has 17 heavy (non-hydrogen) atoms. The van der Waals surface area contributed by atoms with Crippen molar-refractivity contribution in [2.24, 2.45) is 5.92 Å². The van der Waals surface area contributed by atoms with E-state index in [0.29, 0.717) is 12.0 Å². The molecule has 0 spiro atoms. The molecule has 0 bridgehead atoms. The highest BCUT2D eigenvalue weighted by atomic mass is 15.2. The summed E-state index contributed by atoms with van der Waals surface area (Å²) in [4.78, 5) is 6.87. The summed E-state index contributed by atoms with van der Waals surface area (Å²) in [5, 5.41) is 3.28. The van der Waals surface area contributed by atoms with Crippen molar-refractivity contribution in [3.05, 3.63) is 18.3 Å². The van der Waals surface area contributed by atoms with Gasteiger partial charge in [-0.15, -0.1) is 0 Å². The molecule has 1 saturated heterocycles. The predicted molar refractivity (Wildman–Crippen MR) is 73.6 cm³/mol. The Morgan fingerprint density at radius 2 is 2.35 bits per heavy atom. The van der Waals surface area contributed by atoms with Crippen molar-refractivity contribution in [3.8, 4) is 0 Å². The standard InChI is InChI=1S/C14H23N3/c1-4-15-14-10-12(7-8-16-14)17-9-5-6-13(17)11(2)3/h7-8,10-11,13H,4-6,9H2,1-3H3,(H,15,16). The van der Waals surface area contributed by atoms with Crippen LogP contribution < -0.4 is 10.2 Å². The largest absolute Gasteiger partial charge is 0.370 e. The van der Waals surface area contributed by atoms with Crippen LogP contribution in [0.15, 0.2) is 18.3 Å². The van der Waals surface area contributed by atoms with Crippen molar-refractivity contribution in [1.82, 2.24) is 4.98 Å². The van der Waals surface area contributed by atoms with Gasteiger partial charge in [0.15, 0.2) is 0 Å². The Morgan fingerprint density at radius 1 is 1.53 bits per heavy atom. The van der Waals surface area contributed by atoms with Crippen molar-refractivity contribution >= 4 is 11.5 Å². The van der Waals surface area contributed by atoms with Crippen molar-refractivity contribution in [2.45, 2.75) is 39.7 Å². The average Bonchev–Trinajstić information content (AvgIpc) is 2.79. The van der Waals surface area contributed by atoms with Crippen molar-refractivity contribution in [3.63, 3.8) is 0 Å². The molecule has 0 saturated carbocycles. The van der Waals surface area contributed by atoms with Crippen LogP contribution in [0.3, 0.4) is 0 Å². The van der Waals surface area contributed by atoms with E-state index in [1.165, 1.54) is 25.1 Å². The van der Waals surface area contributed by atoms with Crippen LogP contribution in [0, 0.1) is 5.92 Å². The Labute approximate surface area is 104 Å². The molecule has 94 valence electrons. The minimum absolute atomic E-state index is 0.687. The summed E-state index contributed by atoms with van der Waals surface area (Å²) >= 11 is 0. The lowest BCUT2D eigenvalue weighted by molar-refractivity contribution is 0.492. The zero-order valence-corrected chi connectivity index (χ0v) is 11.1. The quantitative estimate of drug-likeness (QED) is 0.866. The molecule has 1 N–H and O–H groups in total. The molecule has 1 aromatic heterocycles. The van der Waals surface area contributed by atoms with E-state index in [2.05, 4.69) is 48.1 Å². The molecule has 2 rings (SSSR count). The summed E-state index contributed by atoms with van der Waals surface area (Å²) in [5.41, 5.74) is 1.31. The molecule has 1 fully saturated rings. The smallest absolute Gasteiger partial charge is 0.127 e. The number of aromatic nitrogens is 1. The Balaban J connectivity index is 2.18. The van der Waals surface area contributed by atoms with Crippen LogP contribution in [0.2, 0.25) is 0 Å². The number of rotatable bonds is 4. The summed E-state index contributed by atoms with van der Waals surface area (Å²) in [6.45, 7) is 8.83. The number of nitrogens with one attached hydrogen (secondary N) is 1. The van der Waals surface area contributed by atoms with Gasteiger partial charge in [-0.1, -0.05) is 13.8 Å². The molecule has 0 radical (unpaired) electrons. The van der Waals surface area contributed by atoms with Crippen molar-refractivity contribution < 1.29 is 0 Å². The van der Waals surface area contributed by atoms with Gasteiger partial charge in [0.25, 0.3) is 0 Å². The van der Waals surface area contributed by atoms with Crippen LogP contribution in [-0.2, 0) is 0 Å². The lowest BCUT2D eigenvalue weighted by atomic mass is 10.0. The first kappa shape index (κ1) is 12.2. The highest BCUT2D eigenvalue weighted by Gasteiger charge is 2.27. The van der Waals surface area contributed by atoms with Crippen LogP contribution in [-0.4, -0.2) is 24.1 Å². The average molecular weight is 233 g/mol. The van der Waals surface area contributed by atoms with Crippen LogP contribution in [0.4, 0.5) is 11.5 Å². The van der Waals surface area contributed by atoms with Gasteiger partial charge in [0.2, 0.25) is 0 Å². The Kier molecular flexibility index (Phi) is 3.87. The second-order valence-electron chi connectivity index (χ2n) is 5.08. The van der Waals surface area contributed by atoms with E-state index in [0.717, 1.165) is 12.4 Å². The molecule has 0 aromatic carbocycles. The maximum absolute atomic E-state index is 4.33. The molecule has 2 heterocycles. The molecule has 1 unspecified atom stereocenters. The van der Waals surface area contributed by atoms with Gasteiger partial charge in [0.1, 0.15) is 5.82 Å². The van der Waals surface area contributed by atoms with E-state index < -0.39 is 0 Å². The zero-order valence-electron chi connectivity index (χ0n) is 11.1. The van der Waals surface area contributed by atoms with Gasteiger partial charge in [-0.2, -0.15) is 0 Å². The fourth-order valence-electron chi connectivity index (χ4n) is 2.68. The molecule has 1 aliphatic heterocycles. The second-order valence-corrected chi connectivity index (χ2v) is 5.08. The highest BCUT2D eigenvalue weighted by molar-refractivity contribution is 5.55. The maximum atomic E-state index is 4.33. The number of nitrogens with zero attached hydrogens (tertiary/aromatic N) is 2. The van der Waals surface area contributed by atoms with Crippen LogP contribution in [0.25, 0.3) is 0 Å². The molecule has 1 atom stereocenters. The predicted octanol–water partition coefficient (Wildman–Crippen LogP) is 3.14. The minimum atomic E-state index is 0.687. The maximum Gasteiger partial charge on any atom is 0.127 e. The third kappa shape index (κ3) is 2.71. The first-order valence-corrected chi connectivity index (χ1v) is 6.69. The van der Waals surface area contributed by atoms with Gasteiger partial charge in [-0.05, 0) is 31.7 Å². The fourth-order valence-corrected chi connectivity index (χ4v) is 2.68. The van der Waals surface area contributed by atoms with Crippen molar-refractivity contribution in [1.29, 1.82) is 0 Å². The molecule has 1 aromatic rings. The Bertz CT molecular complexity index is 362. The number of hydrogen-bond acceptors (Lipinski definition) is 3. The number of anilines is 2. The molecular weight excluding hydrogens is 210 g/mol. The first-order chi connectivity index (χ1) is 8.22. The minimum Gasteiger partial charge on any atom is -0.370 e. The van der Waals surface area contributed by atoms with E-state index in [1.54, 1.807) is 0 Å². The van der Waals surface area contributed by atoms with E-state index in [4.69, 9.17) is 0 Å². The third-order valence-corrected chi connectivity index (χ3v) is 3.50. The summed E-state index contributed by atoms with van der Waals surface area (Å²) in [6, 6.07) is 4.98. The van der Waals surface area contributed by atoms with Gasteiger partial charge in [0.05, 0.1) is 0 Å². The van der Waals surface area contributed by atoms with Gasteiger partial charge < -0.3 is 10.2 Å². The fraction of sp³-hybridized carbons (Fsp3) is 0.643. The molecule has 0 aliphatic carbocycles. The molecule has 3 heteroatoms. The van der Waals surface area contributed by atoms with Gasteiger partial charge in [-0.3, -0.25) is 0 Å². The summed E-state index contributed by atoms with van der Waals surface area (Å²) < 4.78 is 0. The lowest BCUT2D eigenvalue weighted by Gasteiger charge is -2.29. The van der Waals surface area contributed by atoms with Crippen molar-refractivity contribution in [2.75, 3.05) is 23.3 Å². The summed E-state index contributed by atoms with van der Waals surface area (Å²) in [7, 11) is 0. The van der Waals surface area contributed by atoms with Crippen LogP contribution >= 0.6 is 0 Å². The van der Waals surface area contributed by atoms with Gasteiger partial charge in [-0.25, -0.2) is 4.98 Å². The third-order valence-electron chi connectivity index (χ3n) is 3.50. The topological polar surface area (TPSA) is 28.2 Å². The van der Waals surface area contributed by atoms with Crippen LogP contribution in [0.5, 0.6) is 0 Å². The Hall–Kier alpha value is -1.25. The van der Waals surface area contributed by atoms with Gasteiger partial charge >= 0.3 is 0 Å². The molecule has 3 nitrogen and oxygen atoms in total. The summed E-state index contributed by atoms with van der Waals surface area (Å²) in [5.74, 6) is 1.70. The molecular formula is C14H23N3. The summed E-state index contributed by atoms with van der Waals surface area (Å²) in [6.07, 6.45) is 4.53. The SMILES string of the molecule is CCNc1cc(N2CCCC2C(C)C)ccn1. The molecule has 0 amide bonds. The highest BCUT2D eigenvalue weighted by Crippen LogP contribution is 2.30. The first-order valence-electron chi connectivity index (χ1n) is 6.69. The van der Waals surface area contributed by atoms with Crippen LogP contribution in [0.1, 0.15) is 33.6 Å². The normalized spacial score (nSPS) is 20.0. The monoisotopic (exact) mass is 233 g/mol.